The fourth-order valence-electron chi connectivity index (χ4n) is 1.28. The summed E-state index contributed by atoms with van der Waals surface area (Å²) in [6.45, 7) is -0.169. The van der Waals surface area contributed by atoms with Gasteiger partial charge in [-0.05, 0) is 24.3 Å². The molecule has 110 valence electrons. The van der Waals surface area contributed by atoms with Gasteiger partial charge < -0.3 is 10.2 Å². The minimum absolute atomic E-state index is 0.0344. The molecule has 0 fully saturated rings. The van der Waals surface area contributed by atoms with Crippen LogP contribution in [0.25, 0.3) is 0 Å². The Morgan fingerprint density at radius 3 is 2.20 bits per heavy atom. The van der Waals surface area contributed by atoms with Crippen LogP contribution in [-0.2, 0) is 15.0 Å². The van der Waals surface area contributed by atoms with E-state index >= 15 is 0 Å². The molecule has 0 atom stereocenters. The number of hydrogen-bond donors (Lipinski definition) is 3. The second-order valence-corrected chi connectivity index (χ2v) is 5.73. The van der Waals surface area contributed by atoms with E-state index in [0.29, 0.717) is 0 Å². The van der Waals surface area contributed by atoms with Crippen LogP contribution in [0.2, 0.25) is 0 Å². The highest BCUT2D eigenvalue weighted by molar-refractivity contribution is 7.90. The molecule has 20 heavy (non-hydrogen) atoms. The molecule has 0 aromatic heterocycles. The summed E-state index contributed by atoms with van der Waals surface area (Å²) in [5.74, 6) is -2.21. The number of aromatic carboxylic acids is 1. The molecule has 0 radical (unpaired) electrons. The lowest BCUT2D eigenvalue weighted by atomic mass is 10.2. The molecule has 9 heteroatoms. The highest BCUT2D eigenvalue weighted by Crippen LogP contribution is 2.12. The van der Waals surface area contributed by atoms with Crippen LogP contribution in [0.15, 0.2) is 24.3 Å². The van der Waals surface area contributed by atoms with Gasteiger partial charge in [-0.25, -0.2) is 4.79 Å². The Balaban J connectivity index is 2.75. The lowest BCUT2D eigenvalue weighted by molar-refractivity contribution is -0.137. The molecular weight excluding hydrogens is 288 g/mol. The molecule has 0 spiro atoms. The monoisotopic (exact) mass is 302 g/mol. The van der Waals surface area contributed by atoms with E-state index in [1.165, 1.54) is 31.3 Å². The van der Waals surface area contributed by atoms with Gasteiger partial charge >= 0.3 is 22.1 Å². The number of nitrogens with zero attached hydrogens (tertiary/aromatic N) is 1. The van der Waals surface area contributed by atoms with Crippen LogP contribution >= 0.6 is 0 Å². The summed E-state index contributed by atoms with van der Waals surface area (Å²) < 4.78 is 26.8. The minimum atomic E-state index is -3.87. The van der Waals surface area contributed by atoms with E-state index in [-0.39, 0.29) is 24.2 Å². The van der Waals surface area contributed by atoms with Gasteiger partial charge in [0.15, 0.2) is 0 Å². The molecule has 0 amide bonds. The molecule has 1 aromatic rings. The van der Waals surface area contributed by atoms with Crippen molar-refractivity contribution in [1.82, 2.24) is 4.31 Å². The summed E-state index contributed by atoms with van der Waals surface area (Å²) in [7, 11) is -2.62. The summed E-state index contributed by atoms with van der Waals surface area (Å²) >= 11 is 0. The first kappa shape index (κ1) is 15.9. The molecule has 0 aliphatic carbocycles. The molecule has 0 saturated heterocycles. The number of nitrogens with one attached hydrogen (secondary N) is 1. The zero-order chi connectivity index (χ0) is 15.3. The third kappa shape index (κ3) is 4.52. The Bertz CT molecular complexity index is 596. The molecule has 1 rings (SSSR count). The van der Waals surface area contributed by atoms with Crippen molar-refractivity contribution in [3.63, 3.8) is 0 Å². The molecule has 0 aliphatic rings. The van der Waals surface area contributed by atoms with Gasteiger partial charge in [-0.1, -0.05) is 0 Å². The SMILES string of the molecule is CN(CCC(=O)O)S(=O)(=O)Nc1ccc(C(=O)O)cc1. The van der Waals surface area contributed by atoms with Crippen molar-refractivity contribution in [1.29, 1.82) is 0 Å². The summed E-state index contributed by atoms with van der Waals surface area (Å²) in [5.41, 5.74) is 0.226. The van der Waals surface area contributed by atoms with Crippen molar-refractivity contribution in [2.75, 3.05) is 18.3 Å². The Morgan fingerprint density at radius 1 is 1.20 bits per heavy atom. The first-order valence-electron chi connectivity index (χ1n) is 5.51. The van der Waals surface area contributed by atoms with Crippen molar-refractivity contribution >= 4 is 27.8 Å². The van der Waals surface area contributed by atoms with Gasteiger partial charge in [-0.15, -0.1) is 0 Å². The highest BCUT2D eigenvalue weighted by Gasteiger charge is 2.18. The van der Waals surface area contributed by atoms with Crippen molar-refractivity contribution < 1.29 is 28.2 Å². The van der Waals surface area contributed by atoms with E-state index in [9.17, 15) is 18.0 Å². The van der Waals surface area contributed by atoms with Gasteiger partial charge in [-0.3, -0.25) is 9.52 Å². The average Bonchev–Trinajstić information content (AvgIpc) is 2.35. The third-order valence-corrected chi connectivity index (χ3v) is 3.93. The Labute approximate surface area is 115 Å². The first-order valence-corrected chi connectivity index (χ1v) is 6.95. The second-order valence-electron chi connectivity index (χ2n) is 3.95. The number of carboxylic acids is 2. The number of aliphatic carboxylic acids is 1. The molecule has 0 aliphatic heterocycles. The summed E-state index contributed by atoms with van der Waals surface area (Å²) in [6, 6.07) is 5.15. The van der Waals surface area contributed by atoms with Crippen LogP contribution in [0.4, 0.5) is 5.69 Å². The fraction of sp³-hybridized carbons (Fsp3) is 0.273. The van der Waals surface area contributed by atoms with Gasteiger partial charge in [0, 0.05) is 19.3 Å². The third-order valence-electron chi connectivity index (χ3n) is 2.43. The molecule has 0 bridgehead atoms. The van der Waals surface area contributed by atoms with Gasteiger partial charge in [0.2, 0.25) is 0 Å². The van der Waals surface area contributed by atoms with Gasteiger partial charge in [0.05, 0.1) is 12.0 Å². The van der Waals surface area contributed by atoms with Crippen LogP contribution in [0.1, 0.15) is 16.8 Å². The maximum Gasteiger partial charge on any atom is 0.335 e. The highest BCUT2D eigenvalue weighted by atomic mass is 32.2. The van der Waals surface area contributed by atoms with Crippen molar-refractivity contribution in [2.24, 2.45) is 0 Å². The second kappa shape index (κ2) is 6.35. The van der Waals surface area contributed by atoms with Gasteiger partial charge in [-0.2, -0.15) is 12.7 Å². The number of hydrogen-bond acceptors (Lipinski definition) is 4. The zero-order valence-electron chi connectivity index (χ0n) is 10.6. The van der Waals surface area contributed by atoms with E-state index in [0.717, 1.165) is 4.31 Å². The standard InChI is InChI=1S/C11H14N2O6S/c1-13(7-6-10(14)15)20(18,19)12-9-4-2-8(3-5-9)11(16)17/h2-5,12H,6-7H2,1H3,(H,14,15)(H,16,17). The summed E-state index contributed by atoms with van der Waals surface area (Å²) in [6.07, 6.45) is -0.310. The lowest BCUT2D eigenvalue weighted by Gasteiger charge is -2.17. The number of benzene rings is 1. The van der Waals surface area contributed by atoms with Gasteiger partial charge in [0.25, 0.3) is 0 Å². The Morgan fingerprint density at radius 2 is 1.75 bits per heavy atom. The fourth-order valence-corrected chi connectivity index (χ4v) is 2.20. The normalized spacial score (nSPS) is 11.3. The number of rotatable bonds is 7. The van der Waals surface area contributed by atoms with Crippen LogP contribution in [0, 0.1) is 0 Å². The quantitative estimate of drug-likeness (QED) is 0.671. The summed E-state index contributed by atoms with van der Waals surface area (Å²) in [5, 5.41) is 17.2. The lowest BCUT2D eigenvalue weighted by Crippen LogP contribution is -2.34. The zero-order valence-corrected chi connectivity index (χ0v) is 11.4. The molecule has 3 N–H and O–H groups in total. The largest absolute Gasteiger partial charge is 0.481 e. The van der Waals surface area contributed by atoms with Crippen LogP contribution in [0.5, 0.6) is 0 Å². The van der Waals surface area contributed by atoms with Crippen molar-refractivity contribution in [2.45, 2.75) is 6.42 Å². The summed E-state index contributed by atoms with van der Waals surface area (Å²) in [4.78, 5) is 21.0. The molecule has 0 heterocycles. The van der Waals surface area contributed by atoms with Crippen molar-refractivity contribution in [3.05, 3.63) is 29.8 Å². The minimum Gasteiger partial charge on any atom is -0.481 e. The van der Waals surface area contributed by atoms with Crippen LogP contribution in [0.3, 0.4) is 0 Å². The molecule has 0 saturated carbocycles. The number of anilines is 1. The number of carbonyl (C=O) groups is 2. The van der Waals surface area contributed by atoms with E-state index in [2.05, 4.69) is 4.72 Å². The van der Waals surface area contributed by atoms with Crippen LogP contribution in [-0.4, -0.2) is 48.5 Å². The maximum absolute atomic E-state index is 11.8. The van der Waals surface area contributed by atoms with E-state index in [4.69, 9.17) is 10.2 Å². The maximum atomic E-state index is 11.8. The van der Waals surface area contributed by atoms with Crippen molar-refractivity contribution in [3.8, 4) is 0 Å². The number of carboxylic acid groups (broad SMARTS) is 2. The van der Waals surface area contributed by atoms with Gasteiger partial charge in [0.1, 0.15) is 0 Å². The Kier molecular flexibility index (Phi) is 5.06. The van der Waals surface area contributed by atoms with E-state index in [1.54, 1.807) is 0 Å². The van der Waals surface area contributed by atoms with E-state index < -0.39 is 22.1 Å². The average molecular weight is 302 g/mol. The van der Waals surface area contributed by atoms with Crippen LogP contribution < -0.4 is 4.72 Å². The predicted molar refractivity (Wildman–Crippen MR) is 70.8 cm³/mol. The smallest absolute Gasteiger partial charge is 0.335 e. The first-order chi connectivity index (χ1) is 9.22. The molecular formula is C11H14N2O6S. The molecule has 8 nitrogen and oxygen atoms in total. The van der Waals surface area contributed by atoms with E-state index in [1.807, 2.05) is 0 Å². The molecule has 1 aromatic carbocycles. The Hall–Kier alpha value is -2.13. The topological polar surface area (TPSA) is 124 Å². The molecule has 0 unspecified atom stereocenters. The predicted octanol–water partition coefficient (Wildman–Crippen LogP) is 0.448.